The molecule has 0 aliphatic carbocycles. The second-order valence-corrected chi connectivity index (χ2v) is 6.79. The van der Waals surface area contributed by atoms with Crippen molar-refractivity contribution >= 4 is 11.9 Å². The van der Waals surface area contributed by atoms with Crippen LogP contribution in [0.25, 0.3) is 0 Å². The molecule has 2 aromatic heterocycles. The summed E-state index contributed by atoms with van der Waals surface area (Å²) in [5.74, 6) is 2.50. The smallest absolute Gasteiger partial charge is 0.225 e. The predicted molar refractivity (Wildman–Crippen MR) is 113 cm³/mol. The molecule has 2 N–H and O–H groups in total. The number of ether oxygens (including phenoxy) is 1. The van der Waals surface area contributed by atoms with Gasteiger partial charge in [0, 0.05) is 71.9 Å². The third kappa shape index (κ3) is 7.35. The highest BCUT2D eigenvalue weighted by molar-refractivity contribution is 5.79. The molecule has 1 saturated heterocycles. The minimum absolute atomic E-state index is 0.517. The Morgan fingerprint density at radius 3 is 2.66 bits per heavy atom. The number of aliphatic imine (C=N–C) groups is 1. The average molecular weight is 402 g/mol. The Balaban J connectivity index is 1.22. The zero-order valence-electron chi connectivity index (χ0n) is 17.1. The van der Waals surface area contributed by atoms with E-state index in [0.717, 1.165) is 69.9 Å². The lowest BCUT2D eigenvalue weighted by Crippen LogP contribution is -2.49. The van der Waals surface area contributed by atoms with Crippen LogP contribution >= 0.6 is 0 Å². The van der Waals surface area contributed by atoms with Gasteiger partial charge >= 0.3 is 0 Å². The van der Waals surface area contributed by atoms with Crippen molar-refractivity contribution in [1.82, 2.24) is 25.5 Å². The molecule has 0 spiro atoms. The van der Waals surface area contributed by atoms with E-state index in [4.69, 9.17) is 9.15 Å². The number of rotatable bonds is 10. The second kappa shape index (κ2) is 12.0. The van der Waals surface area contributed by atoms with Crippen LogP contribution in [-0.2, 0) is 11.3 Å². The van der Waals surface area contributed by atoms with E-state index in [0.29, 0.717) is 13.2 Å². The summed E-state index contributed by atoms with van der Waals surface area (Å²) in [5.41, 5.74) is 0. The Bertz CT molecular complexity index is 701. The summed E-state index contributed by atoms with van der Waals surface area (Å²) in [5, 5.41) is 6.70. The zero-order valence-corrected chi connectivity index (χ0v) is 17.1. The van der Waals surface area contributed by atoms with Gasteiger partial charge in [-0.2, -0.15) is 0 Å². The highest BCUT2D eigenvalue weighted by atomic mass is 16.5. The molecule has 1 aliphatic rings. The quantitative estimate of drug-likeness (QED) is 0.346. The number of hydrogen-bond donors (Lipinski definition) is 2. The van der Waals surface area contributed by atoms with Crippen molar-refractivity contribution in [2.24, 2.45) is 4.99 Å². The van der Waals surface area contributed by atoms with Crippen LogP contribution in [0.5, 0.6) is 0 Å². The summed E-state index contributed by atoms with van der Waals surface area (Å²) < 4.78 is 10.8. The van der Waals surface area contributed by atoms with Crippen LogP contribution in [0.1, 0.15) is 12.2 Å². The molecule has 158 valence electrons. The largest absolute Gasteiger partial charge is 0.467 e. The highest BCUT2D eigenvalue weighted by Gasteiger charge is 2.18. The molecule has 0 unspecified atom stereocenters. The van der Waals surface area contributed by atoms with Gasteiger partial charge in [-0.25, -0.2) is 9.97 Å². The van der Waals surface area contributed by atoms with Crippen LogP contribution in [0, 0.1) is 0 Å². The van der Waals surface area contributed by atoms with Crippen molar-refractivity contribution in [1.29, 1.82) is 0 Å². The van der Waals surface area contributed by atoms with Gasteiger partial charge in [-0.05, 0) is 24.6 Å². The third-order valence-electron chi connectivity index (χ3n) is 4.73. The Labute approximate surface area is 172 Å². The molecule has 2 aromatic rings. The van der Waals surface area contributed by atoms with E-state index in [1.807, 2.05) is 18.2 Å². The van der Waals surface area contributed by atoms with Crippen LogP contribution < -0.4 is 15.5 Å². The monoisotopic (exact) mass is 401 g/mol. The second-order valence-electron chi connectivity index (χ2n) is 6.79. The topological polar surface area (TPSA) is 91.1 Å². The molecule has 0 aromatic carbocycles. The standard InChI is InChI=1S/C20H31N7O2/c1-21-19(22-8-4-15-28-17-18-5-2-16-29-18)23-9-10-26-11-13-27(14-12-26)20-24-6-3-7-25-20/h2-3,5-7,16H,4,8-15,17H2,1H3,(H2,21,22,23). The first-order valence-corrected chi connectivity index (χ1v) is 10.1. The fourth-order valence-corrected chi connectivity index (χ4v) is 3.13. The summed E-state index contributed by atoms with van der Waals surface area (Å²) in [6.45, 7) is 7.78. The minimum Gasteiger partial charge on any atom is -0.467 e. The van der Waals surface area contributed by atoms with Crippen molar-refractivity contribution in [2.75, 3.05) is 64.4 Å². The number of nitrogens with one attached hydrogen (secondary N) is 2. The molecule has 3 heterocycles. The van der Waals surface area contributed by atoms with Gasteiger partial charge in [-0.3, -0.25) is 9.89 Å². The fraction of sp³-hybridized carbons (Fsp3) is 0.550. The Kier molecular flexibility index (Phi) is 8.74. The van der Waals surface area contributed by atoms with Gasteiger partial charge in [-0.1, -0.05) is 0 Å². The molecular weight excluding hydrogens is 370 g/mol. The molecule has 0 atom stereocenters. The lowest BCUT2D eigenvalue weighted by molar-refractivity contribution is 0.105. The average Bonchev–Trinajstić information content (AvgIpc) is 3.29. The Morgan fingerprint density at radius 2 is 1.93 bits per heavy atom. The molecule has 0 radical (unpaired) electrons. The maximum atomic E-state index is 5.58. The van der Waals surface area contributed by atoms with Gasteiger partial charge in [0.2, 0.25) is 5.95 Å². The van der Waals surface area contributed by atoms with Crippen LogP contribution in [0.15, 0.2) is 46.3 Å². The molecule has 29 heavy (non-hydrogen) atoms. The normalized spacial score (nSPS) is 15.5. The van der Waals surface area contributed by atoms with Gasteiger partial charge in [0.15, 0.2) is 5.96 Å². The van der Waals surface area contributed by atoms with Gasteiger partial charge in [-0.15, -0.1) is 0 Å². The molecule has 0 saturated carbocycles. The molecule has 9 nitrogen and oxygen atoms in total. The summed E-state index contributed by atoms with van der Waals surface area (Å²) in [6, 6.07) is 5.63. The zero-order chi connectivity index (χ0) is 20.2. The van der Waals surface area contributed by atoms with Gasteiger partial charge < -0.3 is 24.7 Å². The molecule has 1 fully saturated rings. The van der Waals surface area contributed by atoms with E-state index >= 15 is 0 Å². The third-order valence-corrected chi connectivity index (χ3v) is 4.73. The van der Waals surface area contributed by atoms with Crippen LogP contribution in [0.3, 0.4) is 0 Å². The fourth-order valence-electron chi connectivity index (χ4n) is 3.13. The number of aromatic nitrogens is 2. The number of piperazine rings is 1. The number of furan rings is 1. The van der Waals surface area contributed by atoms with E-state index in [9.17, 15) is 0 Å². The van der Waals surface area contributed by atoms with E-state index in [-0.39, 0.29) is 0 Å². The molecule has 3 rings (SSSR count). The van der Waals surface area contributed by atoms with Gasteiger partial charge in [0.25, 0.3) is 0 Å². The van der Waals surface area contributed by atoms with Crippen molar-refractivity contribution in [3.63, 3.8) is 0 Å². The van der Waals surface area contributed by atoms with Crippen LogP contribution in [0.4, 0.5) is 5.95 Å². The first kappa shape index (κ1) is 21.1. The highest BCUT2D eigenvalue weighted by Crippen LogP contribution is 2.09. The molecule has 9 heteroatoms. The lowest BCUT2D eigenvalue weighted by Gasteiger charge is -2.34. The first-order valence-electron chi connectivity index (χ1n) is 10.1. The Hall–Kier alpha value is -2.65. The first-order chi connectivity index (χ1) is 14.3. The van der Waals surface area contributed by atoms with E-state index in [1.54, 1.807) is 25.7 Å². The van der Waals surface area contributed by atoms with Crippen LogP contribution in [0.2, 0.25) is 0 Å². The van der Waals surface area contributed by atoms with Crippen molar-refractivity contribution in [3.05, 3.63) is 42.6 Å². The number of hydrogen-bond acceptors (Lipinski definition) is 7. The number of anilines is 1. The SMILES string of the molecule is CN=C(NCCCOCc1ccco1)NCCN1CCN(c2ncccn2)CC1. The van der Waals surface area contributed by atoms with E-state index < -0.39 is 0 Å². The summed E-state index contributed by atoms with van der Waals surface area (Å²) in [7, 11) is 1.79. The number of guanidine groups is 1. The van der Waals surface area contributed by atoms with E-state index in [1.165, 1.54) is 0 Å². The van der Waals surface area contributed by atoms with Crippen molar-refractivity contribution in [2.45, 2.75) is 13.0 Å². The number of nitrogens with zero attached hydrogens (tertiary/aromatic N) is 5. The van der Waals surface area contributed by atoms with Crippen molar-refractivity contribution < 1.29 is 9.15 Å². The molecule has 0 amide bonds. The molecular formula is C20H31N7O2. The van der Waals surface area contributed by atoms with Crippen LogP contribution in [-0.4, -0.2) is 80.3 Å². The van der Waals surface area contributed by atoms with Gasteiger partial charge in [0.1, 0.15) is 12.4 Å². The Morgan fingerprint density at radius 1 is 1.14 bits per heavy atom. The predicted octanol–water partition coefficient (Wildman–Crippen LogP) is 0.964. The summed E-state index contributed by atoms with van der Waals surface area (Å²) in [4.78, 5) is 17.6. The molecule has 0 bridgehead atoms. The lowest BCUT2D eigenvalue weighted by atomic mass is 10.3. The maximum Gasteiger partial charge on any atom is 0.225 e. The summed E-state index contributed by atoms with van der Waals surface area (Å²) >= 11 is 0. The maximum absolute atomic E-state index is 5.58. The molecule has 1 aliphatic heterocycles. The van der Waals surface area contributed by atoms with Gasteiger partial charge in [0.05, 0.1) is 6.26 Å². The minimum atomic E-state index is 0.517. The van der Waals surface area contributed by atoms with Crippen molar-refractivity contribution in [3.8, 4) is 0 Å². The van der Waals surface area contributed by atoms with E-state index in [2.05, 4.69) is 35.4 Å². The summed E-state index contributed by atoms with van der Waals surface area (Å²) in [6.07, 6.45) is 6.16.